The molecule has 108 valence electrons. The van der Waals surface area contributed by atoms with Gasteiger partial charge in [0.2, 0.25) is 5.66 Å². The SMILES string of the molecule is FC(F)(F)C1(c2nc3cc(Cl)c(Cl)cc3[nH]2)NCCN1. The van der Waals surface area contributed by atoms with E-state index in [0.29, 0.717) is 11.0 Å². The van der Waals surface area contributed by atoms with Crippen molar-refractivity contribution in [2.75, 3.05) is 13.1 Å². The van der Waals surface area contributed by atoms with Crippen LogP contribution in [0.25, 0.3) is 11.0 Å². The molecule has 1 aliphatic rings. The Balaban J connectivity index is 2.18. The zero-order chi connectivity index (χ0) is 14.5. The molecule has 0 saturated carbocycles. The fourth-order valence-electron chi connectivity index (χ4n) is 2.25. The van der Waals surface area contributed by atoms with E-state index in [1.807, 2.05) is 0 Å². The molecule has 1 aromatic carbocycles. The molecule has 0 radical (unpaired) electrons. The van der Waals surface area contributed by atoms with Gasteiger partial charge >= 0.3 is 6.18 Å². The molecule has 1 aliphatic heterocycles. The lowest BCUT2D eigenvalue weighted by atomic mass is 10.1. The molecule has 0 amide bonds. The number of nitrogens with one attached hydrogen (secondary N) is 3. The Labute approximate surface area is 121 Å². The van der Waals surface area contributed by atoms with Gasteiger partial charge in [0.15, 0.2) is 5.82 Å². The maximum atomic E-state index is 13.4. The zero-order valence-corrected chi connectivity index (χ0v) is 11.4. The van der Waals surface area contributed by atoms with Crippen LogP contribution < -0.4 is 10.6 Å². The second kappa shape index (κ2) is 4.49. The first-order chi connectivity index (χ1) is 9.33. The molecular formula is C11H9Cl2F3N4. The van der Waals surface area contributed by atoms with Gasteiger partial charge in [-0.05, 0) is 12.1 Å². The fourth-order valence-corrected chi connectivity index (χ4v) is 2.57. The van der Waals surface area contributed by atoms with Crippen molar-refractivity contribution in [3.8, 4) is 0 Å². The minimum absolute atomic E-state index is 0.193. The van der Waals surface area contributed by atoms with Crippen molar-refractivity contribution in [2.24, 2.45) is 0 Å². The smallest absolute Gasteiger partial charge is 0.339 e. The summed E-state index contributed by atoms with van der Waals surface area (Å²) < 4.78 is 40.1. The zero-order valence-electron chi connectivity index (χ0n) is 9.91. The van der Waals surface area contributed by atoms with Crippen molar-refractivity contribution in [1.82, 2.24) is 20.6 Å². The number of halogens is 5. The van der Waals surface area contributed by atoms with Gasteiger partial charge in [-0.3, -0.25) is 10.6 Å². The molecule has 4 nitrogen and oxygen atoms in total. The first-order valence-electron chi connectivity index (χ1n) is 5.75. The Hall–Kier alpha value is -1.02. The number of H-pyrrole nitrogens is 1. The lowest BCUT2D eigenvalue weighted by Gasteiger charge is -2.29. The van der Waals surface area contributed by atoms with Gasteiger partial charge in [0.1, 0.15) is 0 Å². The molecule has 3 N–H and O–H groups in total. The van der Waals surface area contributed by atoms with Crippen molar-refractivity contribution >= 4 is 34.2 Å². The van der Waals surface area contributed by atoms with E-state index in [0.717, 1.165) is 0 Å². The number of fused-ring (bicyclic) bond motifs is 1. The maximum Gasteiger partial charge on any atom is 0.427 e. The first-order valence-corrected chi connectivity index (χ1v) is 6.51. The summed E-state index contributed by atoms with van der Waals surface area (Å²) in [5.74, 6) is -0.254. The van der Waals surface area contributed by atoms with Crippen molar-refractivity contribution in [3.05, 3.63) is 28.0 Å². The number of hydrogen-bond donors (Lipinski definition) is 3. The third kappa shape index (κ3) is 1.96. The van der Waals surface area contributed by atoms with Crippen LogP contribution in [0.5, 0.6) is 0 Å². The molecule has 1 saturated heterocycles. The number of alkyl halides is 3. The van der Waals surface area contributed by atoms with Crippen LogP contribution in [-0.4, -0.2) is 29.2 Å². The van der Waals surface area contributed by atoms with Gasteiger partial charge in [-0.2, -0.15) is 13.2 Å². The Morgan fingerprint density at radius 2 is 1.70 bits per heavy atom. The molecular weight excluding hydrogens is 316 g/mol. The van der Waals surface area contributed by atoms with Crippen molar-refractivity contribution < 1.29 is 13.2 Å². The van der Waals surface area contributed by atoms with Gasteiger partial charge in [0.25, 0.3) is 0 Å². The number of hydrogen-bond acceptors (Lipinski definition) is 3. The molecule has 1 aromatic heterocycles. The molecule has 0 atom stereocenters. The molecule has 2 heterocycles. The van der Waals surface area contributed by atoms with E-state index in [2.05, 4.69) is 20.6 Å². The van der Waals surface area contributed by atoms with Gasteiger partial charge in [0.05, 0.1) is 21.1 Å². The first kappa shape index (κ1) is 13.9. The summed E-state index contributed by atoms with van der Waals surface area (Å²) in [6, 6.07) is 2.88. The lowest BCUT2D eigenvalue weighted by Crippen LogP contribution is -2.58. The van der Waals surface area contributed by atoms with E-state index < -0.39 is 11.8 Å². The highest BCUT2D eigenvalue weighted by atomic mass is 35.5. The minimum atomic E-state index is -4.54. The van der Waals surface area contributed by atoms with Crippen molar-refractivity contribution in [1.29, 1.82) is 0 Å². The predicted octanol–water partition coefficient (Wildman–Crippen LogP) is 2.78. The average molecular weight is 325 g/mol. The summed E-state index contributed by atoms with van der Waals surface area (Å²) in [6.45, 7) is 0.385. The maximum absolute atomic E-state index is 13.4. The Kier molecular flexibility index (Phi) is 3.13. The molecule has 0 bridgehead atoms. The standard InChI is InChI=1S/C11H9Cl2F3N4/c12-5-3-7-8(4-6(5)13)20-9(19-7)10(11(14,15)16)17-1-2-18-10/h3-4,17-18H,1-2H2,(H,19,20). The van der Waals surface area contributed by atoms with Crippen molar-refractivity contribution in [3.63, 3.8) is 0 Å². The van der Waals surface area contributed by atoms with Gasteiger partial charge < -0.3 is 4.98 Å². The largest absolute Gasteiger partial charge is 0.427 e. The monoisotopic (exact) mass is 324 g/mol. The summed E-state index contributed by atoms with van der Waals surface area (Å²) >= 11 is 11.7. The van der Waals surface area contributed by atoms with Crippen LogP contribution in [0.4, 0.5) is 13.2 Å². The number of aromatic amines is 1. The molecule has 0 spiro atoms. The van der Waals surface area contributed by atoms with E-state index in [9.17, 15) is 13.2 Å². The van der Waals surface area contributed by atoms with E-state index in [1.54, 1.807) is 0 Å². The third-order valence-corrected chi connectivity index (χ3v) is 3.93. The Bertz CT molecular complexity index is 622. The van der Waals surface area contributed by atoms with Crippen LogP contribution in [0.1, 0.15) is 5.82 Å². The Morgan fingerprint density at radius 3 is 2.30 bits per heavy atom. The summed E-state index contributed by atoms with van der Waals surface area (Å²) in [4.78, 5) is 6.65. The van der Waals surface area contributed by atoms with Gasteiger partial charge in [-0.1, -0.05) is 23.2 Å². The summed E-state index contributed by atoms with van der Waals surface area (Å²) in [6.07, 6.45) is -4.54. The molecule has 0 aliphatic carbocycles. The third-order valence-electron chi connectivity index (χ3n) is 3.21. The normalized spacial score (nSPS) is 18.9. The average Bonchev–Trinajstić information content (AvgIpc) is 2.95. The highest BCUT2D eigenvalue weighted by Gasteiger charge is 2.59. The number of rotatable bonds is 1. The molecule has 9 heteroatoms. The van der Waals surface area contributed by atoms with Gasteiger partial charge in [-0.15, -0.1) is 0 Å². The molecule has 1 fully saturated rings. The second-order valence-electron chi connectivity index (χ2n) is 4.47. The summed E-state index contributed by atoms with van der Waals surface area (Å²) in [5, 5.41) is 5.34. The molecule has 0 unspecified atom stereocenters. The number of benzene rings is 1. The topological polar surface area (TPSA) is 52.7 Å². The number of nitrogens with zero attached hydrogens (tertiary/aromatic N) is 1. The Morgan fingerprint density at radius 1 is 1.10 bits per heavy atom. The van der Waals surface area contributed by atoms with Gasteiger partial charge in [0, 0.05) is 13.1 Å². The van der Waals surface area contributed by atoms with Crippen molar-refractivity contribution in [2.45, 2.75) is 11.8 Å². The minimum Gasteiger partial charge on any atom is -0.339 e. The summed E-state index contributed by atoms with van der Waals surface area (Å²) in [7, 11) is 0. The van der Waals surface area contributed by atoms with Crippen LogP contribution in [0.15, 0.2) is 12.1 Å². The second-order valence-corrected chi connectivity index (χ2v) is 5.28. The highest BCUT2D eigenvalue weighted by Crippen LogP contribution is 2.38. The highest BCUT2D eigenvalue weighted by molar-refractivity contribution is 6.42. The fraction of sp³-hybridized carbons (Fsp3) is 0.364. The van der Waals surface area contributed by atoms with E-state index in [1.165, 1.54) is 12.1 Å². The number of imidazole rings is 1. The lowest BCUT2D eigenvalue weighted by molar-refractivity contribution is -0.205. The molecule has 3 rings (SSSR count). The van der Waals surface area contributed by atoms with Crippen LogP contribution in [0, 0.1) is 0 Å². The van der Waals surface area contributed by atoms with Crippen LogP contribution in [0.3, 0.4) is 0 Å². The van der Waals surface area contributed by atoms with Crippen LogP contribution in [0.2, 0.25) is 10.0 Å². The van der Waals surface area contributed by atoms with E-state index in [-0.39, 0.29) is 29.0 Å². The van der Waals surface area contributed by atoms with E-state index >= 15 is 0 Å². The van der Waals surface area contributed by atoms with E-state index in [4.69, 9.17) is 23.2 Å². The van der Waals surface area contributed by atoms with Crippen LogP contribution in [-0.2, 0) is 5.66 Å². The quantitative estimate of drug-likeness (QED) is 0.756. The number of aromatic nitrogens is 2. The predicted molar refractivity (Wildman–Crippen MR) is 69.9 cm³/mol. The molecule has 20 heavy (non-hydrogen) atoms. The van der Waals surface area contributed by atoms with Gasteiger partial charge in [-0.25, -0.2) is 4.98 Å². The van der Waals surface area contributed by atoms with Crippen LogP contribution >= 0.6 is 23.2 Å². The summed E-state index contributed by atoms with van der Waals surface area (Å²) in [5.41, 5.74) is -1.65. The molecule has 2 aromatic rings.